The van der Waals surface area contributed by atoms with Crippen LogP contribution in [0, 0.1) is 0 Å². The average molecular weight is 267 g/mol. The Balaban J connectivity index is 2.53. The van der Waals surface area contributed by atoms with E-state index in [-0.39, 0.29) is 6.04 Å². The minimum atomic E-state index is 0.141. The number of nitrogens with two attached hydrogens (primary N) is 1. The van der Waals surface area contributed by atoms with Crippen LogP contribution in [0.1, 0.15) is 25.8 Å². The van der Waals surface area contributed by atoms with Crippen LogP contribution in [0.4, 0.5) is 0 Å². The van der Waals surface area contributed by atoms with Crippen molar-refractivity contribution in [3.63, 3.8) is 0 Å². The fourth-order valence-corrected chi connectivity index (χ4v) is 1.82. The van der Waals surface area contributed by atoms with Crippen LogP contribution in [0.15, 0.2) is 18.2 Å². The lowest BCUT2D eigenvalue weighted by molar-refractivity contribution is 0.130. The maximum Gasteiger partial charge on any atom is 0.161 e. The zero-order valence-electron chi connectivity index (χ0n) is 12.1. The zero-order chi connectivity index (χ0) is 14.1. The predicted molar refractivity (Wildman–Crippen MR) is 77.0 cm³/mol. The summed E-state index contributed by atoms with van der Waals surface area (Å²) in [6.45, 7) is 6.07. The molecule has 0 heterocycles. The molecule has 0 saturated heterocycles. The van der Waals surface area contributed by atoms with E-state index in [1.807, 2.05) is 32.0 Å². The van der Waals surface area contributed by atoms with Gasteiger partial charge in [-0.1, -0.05) is 6.07 Å². The number of methoxy groups -OCH3 is 1. The van der Waals surface area contributed by atoms with Gasteiger partial charge in [0.05, 0.1) is 13.7 Å². The SMILES string of the molecule is CCOCCCOc1ccc(CC(C)N)cc1OC. The summed E-state index contributed by atoms with van der Waals surface area (Å²) < 4.78 is 16.3. The van der Waals surface area contributed by atoms with Gasteiger partial charge in [-0.25, -0.2) is 0 Å². The van der Waals surface area contributed by atoms with Crippen LogP contribution in [0.3, 0.4) is 0 Å². The maximum atomic E-state index is 5.79. The first-order chi connectivity index (χ1) is 9.17. The predicted octanol–water partition coefficient (Wildman–Crippen LogP) is 2.39. The Kier molecular flexibility index (Phi) is 7.30. The highest BCUT2D eigenvalue weighted by molar-refractivity contribution is 5.43. The van der Waals surface area contributed by atoms with E-state index < -0.39 is 0 Å². The van der Waals surface area contributed by atoms with E-state index in [0.717, 1.165) is 43.1 Å². The number of hydrogen-bond acceptors (Lipinski definition) is 4. The zero-order valence-corrected chi connectivity index (χ0v) is 12.1. The van der Waals surface area contributed by atoms with Gasteiger partial charge in [0.25, 0.3) is 0 Å². The van der Waals surface area contributed by atoms with E-state index in [2.05, 4.69) is 0 Å². The summed E-state index contributed by atoms with van der Waals surface area (Å²) >= 11 is 0. The van der Waals surface area contributed by atoms with Gasteiger partial charge in [-0.3, -0.25) is 0 Å². The summed E-state index contributed by atoms with van der Waals surface area (Å²) in [7, 11) is 1.65. The van der Waals surface area contributed by atoms with Gasteiger partial charge < -0.3 is 19.9 Å². The van der Waals surface area contributed by atoms with Gasteiger partial charge in [-0.2, -0.15) is 0 Å². The number of ether oxygens (including phenoxy) is 3. The van der Waals surface area contributed by atoms with Crippen LogP contribution in [0.2, 0.25) is 0 Å². The molecule has 1 unspecified atom stereocenters. The smallest absolute Gasteiger partial charge is 0.161 e. The molecule has 0 aliphatic heterocycles. The van der Waals surface area contributed by atoms with Crippen molar-refractivity contribution in [2.24, 2.45) is 5.73 Å². The molecule has 19 heavy (non-hydrogen) atoms. The van der Waals surface area contributed by atoms with Gasteiger partial charge in [0.2, 0.25) is 0 Å². The highest BCUT2D eigenvalue weighted by atomic mass is 16.5. The van der Waals surface area contributed by atoms with Crippen molar-refractivity contribution < 1.29 is 14.2 Å². The van der Waals surface area contributed by atoms with Gasteiger partial charge in [0.1, 0.15) is 0 Å². The molecule has 0 spiro atoms. The molecule has 1 aromatic rings. The first-order valence-electron chi connectivity index (χ1n) is 6.80. The van der Waals surface area contributed by atoms with E-state index >= 15 is 0 Å². The fourth-order valence-electron chi connectivity index (χ4n) is 1.82. The maximum absolute atomic E-state index is 5.79. The number of rotatable bonds is 9. The van der Waals surface area contributed by atoms with Crippen molar-refractivity contribution >= 4 is 0 Å². The standard InChI is InChI=1S/C15H25NO3/c1-4-18-8-5-9-19-14-7-6-13(10-12(2)16)11-15(14)17-3/h6-7,11-12H,4-5,8-10,16H2,1-3H3. The minimum absolute atomic E-state index is 0.141. The molecule has 1 aromatic carbocycles. The molecule has 2 N–H and O–H groups in total. The Bertz CT molecular complexity index is 366. The lowest BCUT2D eigenvalue weighted by Crippen LogP contribution is -2.17. The molecule has 0 bridgehead atoms. The Hall–Kier alpha value is -1.26. The highest BCUT2D eigenvalue weighted by Crippen LogP contribution is 2.28. The summed E-state index contributed by atoms with van der Waals surface area (Å²) in [5.41, 5.74) is 6.96. The van der Waals surface area contributed by atoms with Crippen LogP contribution in [-0.4, -0.2) is 33.0 Å². The molecule has 0 saturated carbocycles. The van der Waals surface area contributed by atoms with Crippen molar-refractivity contribution in [3.8, 4) is 11.5 Å². The second-order valence-corrected chi connectivity index (χ2v) is 4.57. The molecule has 0 aliphatic carbocycles. The molecule has 0 radical (unpaired) electrons. The van der Waals surface area contributed by atoms with E-state index in [9.17, 15) is 0 Å². The summed E-state index contributed by atoms with van der Waals surface area (Å²) in [6, 6.07) is 6.10. The Morgan fingerprint density at radius 1 is 1.21 bits per heavy atom. The van der Waals surface area contributed by atoms with Crippen molar-refractivity contribution in [3.05, 3.63) is 23.8 Å². The lowest BCUT2D eigenvalue weighted by atomic mass is 10.1. The molecular formula is C15H25NO3. The molecule has 0 aromatic heterocycles. The summed E-state index contributed by atoms with van der Waals surface area (Å²) in [6.07, 6.45) is 1.71. The molecule has 4 nitrogen and oxygen atoms in total. The van der Waals surface area contributed by atoms with Crippen molar-refractivity contribution in [1.82, 2.24) is 0 Å². The molecule has 4 heteroatoms. The molecule has 1 atom stereocenters. The van der Waals surface area contributed by atoms with E-state index in [1.54, 1.807) is 7.11 Å². The normalized spacial score (nSPS) is 12.2. The minimum Gasteiger partial charge on any atom is -0.493 e. The molecule has 1 rings (SSSR count). The van der Waals surface area contributed by atoms with Gasteiger partial charge in [0.15, 0.2) is 11.5 Å². The van der Waals surface area contributed by atoms with E-state index in [4.69, 9.17) is 19.9 Å². The third-order valence-corrected chi connectivity index (χ3v) is 2.68. The van der Waals surface area contributed by atoms with Crippen molar-refractivity contribution in [2.75, 3.05) is 26.9 Å². The summed E-state index contributed by atoms with van der Waals surface area (Å²) in [4.78, 5) is 0. The highest BCUT2D eigenvalue weighted by Gasteiger charge is 2.07. The molecular weight excluding hydrogens is 242 g/mol. The Morgan fingerprint density at radius 2 is 2.00 bits per heavy atom. The van der Waals surface area contributed by atoms with E-state index in [1.165, 1.54) is 0 Å². The monoisotopic (exact) mass is 267 g/mol. The largest absolute Gasteiger partial charge is 0.493 e. The van der Waals surface area contributed by atoms with Crippen LogP contribution in [-0.2, 0) is 11.2 Å². The number of hydrogen-bond donors (Lipinski definition) is 1. The van der Waals surface area contributed by atoms with Gasteiger partial charge >= 0.3 is 0 Å². The second-order valence-electron chi connectivity index (χ2n) is 4.57. The van der Waals surface area contributed by atoms with Crippen LogP contribution in [0.25, 0.3) is 0 Å². The Morgan fingerprint density at radius 3 is 2.63 bits per heavy atom. The fraction of sp³-hybridized carbons (Fsp3) is 0.600. The first-order valence-corrected chi connectivity index (χ1v) is 6.80. The van der Waals surface area contributed by atoms with Gasteiger partial charge in [-0.15, -0.1) is 0 Å². The molecule has 0 fully saturated rings. The summed E-state index contributed by atoms with van der Waals surface area (Å²) in [5.74, 6) is 1.53. The van der Waals surface area contributed by atoms with Crippen molar-refractivity contribution in [2.45, 2.75) is 32.7 Å². The second kappa shape index (κ2) is 8.77. The summed E-state index contributed by atoms with van der Waals surface area (Å²) in [5, 5.41) is 0. The number of benzene rings is 1. The van der Waals surface area contributed by atoms with Crippen LogP contribution in [0.5, 0.6) is 11.5 Å². The third kappa shape index (κ3) is 5.94. The van der Waals surface area contributed by atoms with Gasteiger partial charge in [-0.05, 0) is 38.0 Å². The topological polar surface area (TPSA) is 53.7 Å². The average Bonchev–Trinajstić information content (AvgIpc) is 2.39. The first kappa shape index (κ1) is 15.8. The lowest BCUT2D eigenvalue weighted by Gasteiger charge is -2.13. The van der Waals surface area contributed by atoms with Crippen molar-refractivity contribution in [1.29, 1.82) is 0 Å². The molecule has 108 valence electrons. The molecule has 0 amide bonds. The Labute approximate surface area is 115 Å². The van der Waals surface area contributed by atoms with E-state index in [0.29, 0.717) is 6.61 Å². The quantitative estimate of drug-likeness (QED) is 0.698. The third-order valence-electron chi connectivity index (χ3n) is 2.68. The molecule has 0 aliphatic rings. The van der Waals surface area contributed by atoms with Gasteiger partial charge in [0, 0.05) is 25.7 Å². The van der Waals surface area contributed by atoms with Crippen LogP contribution < -0.4 is 15.2 Å². The van der Waals surface area contributed by atoms with Crippen LogP contribution >= 0.6 is 0 Å².